The zero-order chi connectivity index (χ0) is 69.0. The van der Waals surface area contributed by atoms with Gasteiger partial charge >= 0.3 is 28.4 Å². The number of carbonyl (C=O) groups is 1. The highest BCUT2D eigenvalue weighted by Crippen LogP contribution is 2.64. The highest BCUT2D eigenvalue weighted by molar-refractivity contribution is 8.55. The molecule has 8 unspecified atom stereocenters. The first-order valence-corrected chi connectivity index (χ1v) is 37.2. The third-order valence-electron chi connectivity index (χ3n) is 15.6. The first-order chi connectivity index (χ1) is 45.9. The van der Waals surface area contributed by atoms with Crippen molar-refractivity contribution in [1.82, 2.24) is 73.1 Å². The molecular formula is C47H56F2N19O23P4S2-. The number of phosphoric ester groups is 2. The monoisotopic (exact) mass is 1480 g/mol. The van der Waals surface area contributed by atoms with Crippen LogP contribution < -0.4 is 33.4 Å². The van der Waals surface area contributed by atoms with E-state index < -0.39 is 177 Å². The molecule has 8 aromatic rings. The van der Waals surface area contributed by atoms with Crippen LogP contribution in [0, 0.1) is 5.41 Å². The molecule has 0 aliphatic carbocycles. The molecule has 13 N–H and O–H groups in total. The van der Waals surface area contributed by atoms with Crippen molar-refractivity contribution in [1.29, 1.82) is 0 Å². The zero-order valence-electron chi connectivity index (χ0n) is 49.9. The number of hydrogen-bond donors (Lipinski definition) is 9. The molecule has 6 saturated heterocycles. The van der Waals surface area contributed by atoms with Crippen LogP contribution in [0.5, 0.6) is 0 Å². The molecule has 50 heteroatoms. The Morgan fingerprint density at radius 1 is 0.639 bits per heavy atom. The molecule has 524 valence electrons. The summed E-state index contributed by atoms with van der Waals surface area (Å²) in [4.78, 5) is 103. The second-order valence-electron chi connectivity index (χ2n) is 23.0. The summed E-state index contributed by atoms with van der Waals surface area (Å²) >= 11 is 5.52. The number of aromatic amines is 1. The molecule has 0 saturated carbocycles. The van der Waals surface area contributed by atoms with Gasteiger partial charge in [-0.2, -0.15) is 4.98 Å². The lowest BCUT2D eigenvalue weighted by atomic mass is 9.98. The second kappa shape index (κ2) is 26.3. The SMILES string of the molecule is CC(C)(C)C(=O)OCSP1(=O)OC[C@H]2O[C@@H](n3cnc4c(N)ncnc43)[C@@H](F)C2OP(=O)(O)OC[C@H]2O[C@@H](n3cnc4c(N)ncnc43)[C@@H](O1)C2O.Nc1nc2c(ncn2[C@@H]2O[C@@H]3COP(=O)(O)OC4[C@@H](COP([O-])(=S)O[C@H]2C3O)O[C@@H](n2cnc3c(N)ccnc32)[C@H]4F)c(=O)[nH]1. The Labute approximate surface area is 549 Å². The summed E-state index contributed by atoms with van der Waals surface area (Å²) in [7, 11) is -10.2. The van der Waals surface area contributed by atoms with Gasteiger partial charge < -0.3 is 80.6 Å². The number of nitrogen functional groups attached to an aromatic ring is 4. The number of pyridine rings is 1. The molecule has 4 bridgehead atoms. The smallest absolute Gasteiger partial charge is 0.472 e. The number of nitrogens with zero attached hydrogens (tertiary/aromatic N) is 14. The Bertz CT molecular complexity index is 4600. The van der Waals surface area contributed by atoms with Crippen molar-refractivity contribution >= 4 is 126 Å². The molecule has 20 atom stereocenters. The van der Waals surface area contributed by atoms with E-state index in [9.17, 15) is 48.2 Å². The van der Waals surface area contributed by atoms with Gasteiger partial charge in [0, 0.05) is 17.6 Å². The number of anilines is 4. The van der Waals surface area contributed by atoms with Gasteiger partial charge in [-0.1, -0.05) is 11.8 Å². The largest absolute Gasteiger partial charge is 0.780 e. The minimum absolute atomic E-state index is 0.00627. The number of fused-ring (bicyclic) bond motifs is 10. The normalized spacial score (nSPS) is 35.9. The molecule has 6 fully saturated rings. The summed E-state index contributed by atoms with van der Waals surface area (Å²) in [6, 6.07) is 1.49. The maximum absolute atomic E-state index is 16.3. The average molecular weight is 1480 g/mol. The number of H-pyrrole nitrogens is 1. The zero-order valence-corrected chi connectivity index (χ0v) is 55.1. The number of rotatable bonds is 7. The lowest BCUT2D eigenvalue weighted by molar-refractivity contribution is -0.218. The van der Waals surface area contributed by atoms with Crippen molar-refractivity contribution in [3.05, 3.63) is 60.6 Å². The minimum atomic E-state index is -5.15. The topological polar surface area (TPSA) is 578 Å². The number of nitrogens with one attached hydrogen (secondary N) is 1. The Balaban J connectivity index is 0.000000177. The predicted molar refractivity (Wildman–Crippen MR) is 324 cm³/mol. The van der Waals surface area contributed by atoms with Gasteiger partial charge in [-0.15, -0.1) is 0 Å². The van der Waals surface area contributed by atoms with Gasteiger partial charge in [0.05, 0.1) is 62.8 Å². The number of hydrogen-bond acceptors (Lipinski definition) is 37. The van der Waals surface area contributed by atoms with E-state index in [0.29, 0.717) is 11.4 Å². The standard InChI is InChI=1S/C26H33FN10O12P2S.C21H24FN9O11P2S/c1-26(2,3)25(39)43-10-52-51(42)45-5-12-17(13(27)23(47-12)36-8-34-14-19(28)30-6-32-21(14)36)48-50(40,41)44-4-11-16(38)18(49-51)24(46-11)37-9-35-15-20(29)31-7-33-22(15)37;22-10-14-9(40-19(10)30-5-26-11-7(23)1-2-25-16(11)30)4-38-44(36,45)42-15-13(32)8(3-37-43(34,35)41-14)39-20(15)31-6-27-12-17(31)28-21(24)29-18(12)33/h6-9,11-13,16-18,23-24,38H,4-5,10H2,1-3H3,(H,40,41)(H2,28,30,32)(H2,29,31,33);1-2,5-6,8-10,13-15,19-20,32H,3-4H2,(H2,23,25)(H,34,35)(H,36,45)(H3,24,28,29,33)/p-1/t11-,12-,13+,16?,17?,18+,23-,24-,51?;8-,9-,10+,13?,14?,15+,19-,20-,44?/m11/s1. The van der Waals surface area contributed by atoms with E-state index in [2.05, 4.69) is 54.8 Å². The van der Waals surface area contributed by atoms with Crippen LogP contribution in [-0.2, 0) is 90.2 Å². The lowest BCUT2D eigenvalue weighted by Crippen LogP contribution is -2.36. The third-order valence-corrected chi connectivity index (χ3v) is 22.5. The maximum Gasteiger partial charge on any atom is 0.472 e. The van der Waals surface area contributed by atoms with Crippen LogP contribution in [0.4, 0.5) is 32.1 Å². The highest BCUT2D eigenvalue weighted by Gasteiger charge is 2.57. The fraction of sp³-hybridized carbons (Fsp3) is 0.532. The van der Waals surface area contributed by atoms with Crippen LogP contribution >= 0.6 is 40.5 Å². The minimum Gasteiger partial charge on any atom is -0.780 e. The molecule has 0 aromatic carbocycles. The average Bonchev–Trinajstić information content (AvgIpc) is 1.65. The maximum atomic E-state index is 16.3. The number of aliphatic hydroxyl groups excluding tert-OH is 2. The molecule has 14 rings (SSSR count). The van der Waals surface area contributed by atoms with Crippen molar-refractivity contribution < 1.29 is 112 Å². The van der Waals surface area contributed by atoms with Crippen LogP contribution in [0.25, 0.3) is 44.7 Å². The predicted octanol–water partition coefficient (Wildman–Crippen LogP) is 0.355. The molecule has 6 aliphatic heterocycles. The first-order valence-electron chi connectivity index (χ1n) is 28.5. The first kappa shape index (κ1) is 69.1. The molecular weight excluding hydrogens is 1420 g/mol. The van der Waals surface area contributed by atoms with Crippen LogP contribution in [0.2, 0.25) is 0 Å². The number of carbonyl (C=O) groups excluding carboxylic acids is 1. The van der Waals surface area contributed by atoms with Crippen molar-refractivity contribution in [2.45, 2.75) is 119 Å². The lowest BCUT2D eigenvalue weighted by Gasteiger charge is -2.34. The van der Waals surface area contributed by atoms with Crippen LogP contribution in [0.3, 0.4) is 0 Å². The van der Waals surface area contributed by atoms with E-state index >= 15 is 8.78 Å². The molecule has 0 spiro atoms. The van der Waals surface area contributed by atoms with Crippen molar-refractivity contribution in [3.8, 4) is 0 Å². The number of aromatic nitrogens is 15. The van der Waals surface area contributed by atoms with E-state index in [0.717, 1.165) is 23.5 Å². The molecule has 0 amide bonds. The van der Waals surface area contributed by atoms with Gasteiger partial charge in [-0.25, -0.2) is 67.3 Å². The van der Waals surface area contributed by atoms with Gasteiger partial charge in [0.25, 0.3) is 5.56 Å². The molecule has 42 nitrogen and oxygen atoms in total. The highest BCUT2D eigenvalue weighted by atomic mass is 32.7. The van der Waals surface area contributed by atoms with Gasteiger partial charge in [-0.05, 0) is 26.8 Å². The van der Waals surface area contributed by atoms with Gasteiger partial charge in [0.1, 0.15) is 103 Å². The quantitative estimate of drug-likeness (QED) is 0.0591. The van der Waals surface area contributed by atoms with Crippen molar-refractivity contribution in [2.24, 2.45) is 5.41 Å². The number of imidazole rings is 4. The van der Waals surface area contributed by atoms with E-state index in [-0.39, 0.29) is 67.9 Å². The summed E-state index contributed by atoms with van der Waals surface area (Å²) in [6.45, 7) is -7.44. The number of phosphoric acid groups is 2. The summed E-state index contributed by atoms with van der Waals surface area (Å²) in [5, 5.41) is 22.5. The van der Waals surface area contributed by atoms with Gasteiger partial charge in [0.2, 0.25) is 5.95 Å². The Hall–Kier alpha value is -6.39. The summed E-state index contributed by atoms with van der Waals surface area (Å²) in [5.41, 5.74) is 22.8. The fourth-order valence-corrected chi connectivity index (χ4v) is 17.0. The van der Waals surface area contributed by atoms with Gasteiger partial charge in [-0.3, -0.25) is 60.0 Å². The Kier molecular flexibility index (Phi) is 18.7. The van der Waals surface area contributed by atoms with E-state index in [1.165, 1.54) is 44.9 Å². The van der Waals surface area contributed by atoms with Crippen LogP contribution in [0.1, 0.15) is 45.7 Å². The molecule has 14 heterocycles. The molecule has 6 aliphatic rings. The fourth-order valence-electron chi connectivity index (χ4n) is 10.9. The number of aliphatic hydroxyl groups is 2. The van der Waals surface area contributed by atoms with E-state index in [4.69, 9.17) is 94.6 Å². The van der Waals surface area contributed by atoms with E-state index in [1.54, 1.807) is 20.8 Å². The number of esters is 1. The third kappa shape index (κ3) is 13.6. The number of nitrogens with two attached hydrogens (primary N) is 4. The van der Waals surface area contributed by atoms with Crippen molar-refractivity contribution in [2.75, 3.05) is 55.3 Å². The number of alkyl halides is 2. The van der Waals surface area contributed by atoms with Crippen LogP contribution in [-0.4, -0.2) is 205 Å². The molecule has 97 heavy (non-hydrogen) atoms. The number of halogens is 2. The Morgan fingerprint density at radius 3 is 1.63 bits per heavy atom. The molecule has 8 aromatic heterocycles. The van der Waals surface area contributed by atoms with Crippen molar-refractivity contribution in [3.63, 3.8) is 0 Å². The summed E-state index contributed by atoms with van der Waals surface area (Å²) < 4.78 is 150. The second-order valence-corrected chi connectivity index (χ2v) is 32.5. The van der Waals surface area contributed by atoms with Crippen LogP contribution in [0.15, 0.2) is 55.0 Å². The van der Waals surface area contributed by atoms with E-state index in [1.807, 2.05) is 0 Å². The summed E-state index contributed by atoms with van der Waals surface area (Å²) in [6.07, 6.45) is -17.9. The molecule has 0 radical (unpaired) electrons. The Morgan fingerprint density at radius 2 is 1.09 bits per heavy atom. The number of ether oxygens (including phenoxy) is 5. The van der Waals surface area contributed by atoms with Gasteiger partial charge in [0.15, 0.2) is 77.0 Å². The summed E-state index contributed by atoms with van der Waals surface area (Å²) in [5.74, 6) is -1.40.